The molecule has 4 saturated heterocycles. The van der Waals surface area contributed by atoms with E-state index in [0.717, 1.165) is 153 Å². The largest absolute Gasteiger partial charge is 0.378 e. The first kappa shape index (κ1) is 49.0. The number of hydrogen-bond donors (Lipinski definition) is 2. The van der Waals surface area contributed by atoms with Gasteiger partial charge in [-0.15, -0.1) is 0 Å². The predicted octanol–water partition coefficient (Wildman–Crippen LogP) is 5.72. The number of nitrogens with one attached hydrogen (secondary N) is 1. The van der Waals surface area contributed by atoms with Gasteiger partial charge in [-0.1, -0.05) is 25.3 Å². The summed E-state index contributed by atoms with van der Waals surface area (Å²) in [5, 5.41) is 2.79. The number of hydrogen-bond acceptors (Lipinski definition) is 17. The smallest absolute Gasteiger partial charge is 0.247 e. The number of ether oxygens (including phenoxy) is 2. The van der Waals surface area contributed by atoms with Crippen LogP contribution in [0.1, 0.15) is 11.4 Å². The lowest BCUT2D eigenvalue weighted by molar-refractivity contribution is -0.114. The number of morpholine rings is 2. The van der Waals surface area contributed by atoms with Gasteiger partial charge in [0.1, 0.15) is 17.5 Å². The molecule has 10 rings (SSSR count). The summed E-state index contributed by atoms with van der Waals surface area (Å²) in [4.78, 5) is 64.4. The highest BCUT2D eigenvalue weighted by Gasteiger charge is 2.24. The molecule has 72 heavy (non-hydrogen) atoms. The van der Waals surface area contributed by atoms with Crippen molar-refractivity contribution < 1.29 is 19.1 Å². The van der Waals surface area contributed by atoms with E-state index in [1.54, 1.807) is 12.4 Å². The second-order valence-electron chi connectivity index (χ2n) is 17.9. The van der Waals surface area contributed by atoms with Gasteiger partial charge in [-0.2, -0.15) is 0 Å². The van der Waals surface area contributed by atoms with Gasteiger partial charge in [-0.05, 0) is 73.2 Å². The second-order valence-corrected chi connectivity index (χ2v) is 17.9. The fraction of sp³-hybridized carbons (Fsp3) is 0.333. The van der Waals surface area contributed by atoms with Crippen LogP contribution in [0.15, 0.2) is 123 Å². The number of amides is 1. The molecule has 0 atom stereocenters. The molecular weight excluding hydrogens is 909 g/mol. The van der Waals surface area contributed by atoms with Crippen molar-refractivity contribution in [1.29, 1.82) is 0 Å². The van der Waals surface area contributed by atoms with Gasteiger partial charge < -0.3 is 49.9 Å². The van der Waals surface area contributed by atoms with Crippen molar-refractivity contribution in [3.05, 3.63) is 134 Å². The van der Waals surface area contributed by atoms with Crippen molar-refractivity contribution >= 4 is 57.7 Å². The quantitative estimate of drug-likeness (QED) is 0.134. The van der Waals surface area contributed by atoms with Crippen molar-refractivity contribution in [2.45, 2.75) is 13.3 Å². The van der Waals surface area contributed by atoms with E-state index in [9.17, 15) is 9.59 Å². The molecule has 3 N–H and O–H groups in total. The van der Waals surface area contributed by atoms with Crippen LogP contribution in [0.2, 0.25) is 0 Å². The summed E-state index contributed by atoms with van der Waals surface area (Å²) in [7, 11) is 0. The third-order valence-corrected chi connectivity index (χ3v) is 13.2. The Morgan fingerprint density at radius 1 is 0.569 bits per heavy atom. The summed E-state index contributed by atoms with van der Waals surface area (Å²) in [6, 6.07) is 24.8. The lowest BCUT2D eigenvalue weighted by Gasteiger charge is -2.38. The van der Waals surface area contributed by atoms with Gasteiger partial charge in [0, 0.05) is 161 Å². The van der Waals surface area contributed by atoms with Crippen LogP contribution in [0.4, 0.5) is 46.0 Å². The Kier molecular flexibility index (Phi) is 15.9. The maximum absolute atomic E-state index is 11.8. The highest BCUT2D eigenvalue weighted by molar-refractivity contribution is 5.99. The number of piperazine rings is 2. The summed E-state index contributed by atoms with van der Waals surface area (Å²) < 4.78 is 11.1. The first-order valence-electron chi connectivity index (χ1n) is 24.5. The summed E-state index contributed by atoms with van der Waals surface area (Å²) in [6.07, 6.45) is 10.2. The molecule has 4 aliphatic heterocycles. The highest BCUT2D eigenvalue weighted by Crippen LogP contribution is 2.32. The molecule has 0 radical (unpaired) electrons. The number of ketones is 1. The zero-order valence-corrected chi connectivity index (χ0v) is 40.9. The third kappa shape index (κ3) is 12.5. The monoisotopic (exact) mass is 971 g/mol. The van der Waals surface area contributed by atoms with Crippen LogP contribution in [0, 0.1) is 6.92 Å². The zero-order valence-electron chi connectivity index (χ0n) is 40.9. The lowest BCUT2D eigenvalue weighted by Crippen LogP contribution is -2.46. The SMILES string of the molecule is C=CC(=O)Cc1cccc(N2CCN(c3cc(-c4cnc(N)nc4)nc(N4CCOCC4)c3)CC2)c1.C=CC(=O)Nc1ccc(N2CCN(c3cc(-c4cnc(C)nc4)nc(N4CCOCC4)c3)CC2)cc1. The molecular formula is C54H62N14O4. The molecule has 372 valence electrons. The van der Waals surface area contributed by atoms with Crippen molar-refractivity contribution in [2.24, 2.45) is 0 Å². The molecule has 4 aromatic heterocycles. The summed E-state index contributed by atoms with van der Waals surface area (Å²) in [5.41, 5.74) is 15.5. The van der Waals surface area contributed by atoms with Gasteiger partial charge in [0.05, 0.1) is 37.8 Å². The standard InChI is InChI=1S/2C27H31N7O2/c1-3-27(35)30-22-4-6-23(7-5-22)32-8-10-33(11-9-32)24-16-25(21-18-28-20(2)29-19-21)31-26(17-24)34-12-14-36-15-13-34;1-2-24(35)15-20-4-3-5-22(14-20)32-6-8-33(9-7-32)23-16-25(21-18-29-27(28)30-19-21)31-26(17-23)34-10-12-36-13-11-34/h3-7,16-19H,1,8-15H2,2H3,(H,30,35);2-5,14,16-19H,1,6-13,15H2,(H2,28,29,30). The molecule has 18 nitrogen and oxygen atoms in total. The molecule has 0 unspecified atom stereocenters. The van der Waals surface area contributed by atoms with Gasteiger partial charge >= 0.3 is 0 Å². The number of carbonyl (C=O) groups excluding carboxylic acids is 2. The average molecular weight is 971 g/mol. The Bertz CT molecular complexity index is 2800. The number of allylic oxidation sites excluding steroid dienone is 1. The van der Waals surface area contributed by atoms with E-state index in [1.807, 2.05) is 55.7 Å². The number of nitrogens with two attached hydrogens (primary N) is 1. The van der Waals surface area contributed by atoms with Crippen molar-refractivity contribution in [1.82, 2.24) is 29.9 Å². The molecule has 0 saturated carbocycles. The van der Waals surface area contributed by atoms with Crippen LogP contribution in [-0.2, 0) is 25.5 Å². The Hall–Kier alpha value is -7.96. The molecule has 0 spiro atoms. The van der Waals surface area contributed by atoms with E-state index in [0.29, 0.717) is 32.8 Å². The van der Waals surface area contributed by atoms with E-state index < -0.39 is 0 Å². The molecule has 0 aliphatic carbocycles. The first-order valence-corrected chi connectivity index (χ1v) is 24.5. The van der Waals surface area contributed by atoms with Gasteiger partial charge in [0.25, 0.3) is 0 Å². The van der Waals surface area contributed by atoms with Gasteiger partial charge in [0.15, 0.2) is 5.78 Å². The topological polar surface area (TPSA) is 187 Å². The van der Waals surface area contributed by atoms with Crippen LogP contribution < -0.4 is 40.4 Å². The minimum atomic E-state index is -0.207. The molecule has 2 aromatic carbocycles. The fourth-order valence-corrected chi connectivity index (χ4v) is 9.10. The van der Waals surface area contributed by atoms with Crippen molar-refractivity contribution in [3.8, 4) is 22.5 Å². The number of aryl methyl sites for hydroxylation is 1. The first-order chi connectivity index (χ1) is 35.2. The minimum absolute atomic E-state index is 0.0352. The summed E-state index contributed by atoms with van der Waals surface area (Å²) in [6.45, 7) is 22.2. The number of nitrogens with zero attached hydrogens (tertiary/aromatic N) is 12. The van der Waals surface area contributed by atoms with E-state index in [1.165, 1.54) is 12.2 Å². The fourth-order valence-electron chi connectivity index (χ4n) is 9.10. The number of benzene rings is 2. The molecule has 6 aromatic rings. The van der Waals surface area contributed by atoms with Crippen LogP contribution in [-0.4, -0.2) is 147 Å². The number of anilines is 8. The maximum atomic E-state index is 11.8. The molecule has 8 heterocycles. The van der Waals surface area contributed by atoms with Crippen molar-refractivity contribution in [2.75, 3.05) is 145 Å². The average Bonchev–Trinajstić information content (AvgIpc) is 3.44. The Labute approximate surface area is 420 Å². The van der Waals surface area contributed by atoms with E-state index in [-0.39, 0.29) is 17.6 Å². The maximum Gasteiger partial charge on any atom is 0.247 e. The molecule has 18 heteroatoms. The van der Waals surface area contributed by atoms with Gasteiger partial charge in [0.2, 0.25) is 11.9 Å². The van der Waals surface area contributed by atoms with Gasteiger partial charge in [-0.3, -0.25) is 9.59 Å². The van der Waals surface area contributed by atoms with E-state index in [2.05, 4.69) is 104 Å². The van der Waals surface area contributed by atoms with Gasteiger partial charge in [-0.25, -0.2) is 29.9 Å². The normalized spacial score (nSPS) is 16.1. The van der Waals surface area contributed by atoms with Crippen LogP contribution >= 0.6 is 0 Å². The lowest BCUT2D eigenvalue weighted by atomic mass is 10.1. The third-order valence-electron chi connectivity index (χ3n) is 13.2. The summed E-state index contributed by atoms with van der Waals surface area (Å²) >= 11 is 0. The molecule has 1 amide bonds. The predicted molar refractivity (Wildman–Crippen MR) is 285 cm³/mol. The minimum Gasteiger partial charge on any atom is -0.378 e. The molecule has 0 bridgehead atoms. The van der Waals surface area contributed by atoms with Crippen LogP contribution in [0.25, 0.3) is 22.5 Å². The van der Waals surface area contributed by atoms with Crippen molar-refractivity contribution in [3.63, 3.8) is 0 Å². The van der Waals surface area contributed by atoms with E-state index in [4.69, 9.17) is 25.2 Å². The molecule has 4 aliphatic rings. The Balaban J connectivity index is 0.000000178. The summed E-state index contributed by atoms with van der Waals surface area (Å²) in [5.74, 6) is 2.72. The Morgan fingerprint density at radius 2 is 1.04 bits per heavy atom. The number of nitrogen functional groups attached to an aromatic ring is 1. The Morgan fingerprint density at radius 3 is 1.53 bits per heavy atom. The molecule has 4 fully saturated rings. The number of carbonyl (C=O) groups is 2. The highest BCUT2D eigenvalue weighted by atomic mass is 16.5. The zero-order chi connectivity index (χ0) is 49.8. The number of pyridine rings is 2. The number of rotatable bonds is 13. The van der Waals surface area contributed by atoms with Crippen LogP contribution in [0.3, 0.4) is 0 Å². The second kappa shape index (κ2) is 23.3. The van der Waals surface area contributed by atoms with E-state index >= 15 is 0 Å². The number of aromatic nitrogens is 6. The van der Waals surface area contributed by atoms with Crippen LogP contribution in [0.5, 0.6) is 0 Å².